The summed E-state index contributed by atoms with van der Waals surface area (Å²) in [6.45, 7) is 5.79. The van der Waals surface area contributed by atoms with Crippen molar-refractivity contribution >= 4 is 17.0 Å². The molecule has 0 aliphatic carbocycles. The Hall–Kier alpha value is -1.89. The maximum Gasteiger partial charge on any atom is 0.320 e. The average Bonchev–Trinajstić information content (AvgIpc) is 2.92. The number of piperidine rings is 1. The van der Waals surface area contributed by atoms with Crippen LogP contribution in [0.5, 0.6) is 6.01 Å². The summed E-state index contributed by atoms with van der Waals surface area (Å²) < 4.78 is 7.66. The minimum Gasteiger partial charge on any atom is -0.463 e. The van der Waals surface area contributed by atoms with Crippen LogP contribution in [-0.2, 0) is 6.54 Å². The number of aromatic nitrogens is 4. The van der Waals surface area contributed by atoms with Crippen LogP contribution in [0.4, 0.5) is 5.82 Å². The van der Waals surface area contributed by atoms with Crippen molar-refractivity contribution in [3.05, 3.63) is 6.33 Å². The van der Waals surface area contributed by atoms with Crippen molar-refractivity contribution < 1.29 is 4.74 Å². The van der Waals surface area contributed by atoms with Gasteiger partial charge in [-0.1, -0.05) is 13.3 Å². The van der Waals surface area contributed by atoms with E-state index in [0.717, 1.165) is 38.1 Å². The van der Waals surface area contributed by atoms with Gasteiger partial charge in [0.25, 0.3) is 0 Å². The molecule has 7 nitrogen and oxygen atoms in total. The fraction of sp³-hybridized carbons (Fsp3) is 0.667. The highest BCUT2D eigenvalue weighted by atomic mass is 16.5. The molecule has 2 aromatic rings. The van der Waals surface area contributed by atoms with E-state index in [1.165, 1.54) is 12.8 Å². The third-order valence-electron chi connectivity index (χ3n) is 4.05. The molecule has 1 aliphatic heterocycles. The summed E-state index contributed by atoms with van der Waals surface area (Å²) in [6, 6.07) is 0.349. The lowest BCUT2D eigenvalue weighted by atomic mass is 10.00. The number of rotatable bonds is 6. The molecule has 0 bridgehead atoms. The summed E-state index contributed by atoms with van der Waals surface area (Å²) in [5, 5.41) is 3.44. The number of fused-ring (bicyclic) bond motifs is 1. The number of hydrogen-bond acceptors (Lipinski definition) is 6. The van der Waals surface area contributed by atoms with Crippen molar-refractivity contribution in [1.29, 1.82) is 0 Å². The van der Waals surface area contributed by atoms with Gasteiger partial charge in [0, 0.05) is 6.54 Å². The predicted molar refractivity (Wildman–Crippen MR) is 85.7 cm³/mol. The van der Waals surface area contributed by atoms with E-state index in [0.29, 0.717) is 29.9 Å². The van der Waals surface area contributed by atoms with Crippen LogP contribution in [0, 0.1) is 5.92 Å². The van der Waals surface area contributed by atoms with Gasteiger partial charge >= 0.3 is 6.01 Å². The second-order valence-electron chi connectivity index (χ2n) is 5.87. The van der Waals surface area contributed by atoms with Gasteiger partial charge in [-0.15, -0.1) is 0 Å². The molecule has 1 saturated heterocycles. The number of nitrogens with one attached hydrogen (secondary N) is 1. The molecule has 0 aromatic carbocycles. The van der Waals surface area contributed by atoms with Gasteiger partial charge in [0.2, 0.25) is 0 Å². The number of nitrogen functional groups attached to an aromatic ring is 1. The number of nitrogens with two attached hydrogens (primary N) is 1. The first kappa shape index (κ1) is 15.0. The first-order valence-electron chi connectivity index (χ1n) is 8.09. The average molecular weight is 304 g/mol. The molecule has 0 saturated carbocycles. The van der Waals surface area contributed by atoms with E-state index >= 15 is 0 Å². The van der Waals surface area contributed by atoms with Gasteiger partial charge in [0.1, 0.15) is 0 Å². The van der Waals surface area contributed by atoms with Crippen LogP contribution in [-0.4, -0.2) is 39.2 Å². The van der Waals surface area contributed by atoms with Gasteiger partial charge in [0.15, 0.2) is 17.0 Å². The van der Waals surface area contributed by atoms with Crippen LogP contribution in [0.25, 0.3) is 11.2 Å². The number of unbranched alkanes of at least 4 members (excludes halogenated alkanes) is 1. The smallest absolute Gasteiger partial charge is 0.320 e. The van der Waals surface area contributed by atoms with E-state index in [1.807, 2.05) is 0 Å². The number of nitrogens with zero attached hydrogens (tertiary/aromatic N) is 4. The molecule has 0 radical (unpaired) electrons. The predicted octanol–water partition coefficient (Wildman–Crippen LogP) is 1.59. The number of anilines is 1. The van der Waals surface area contributed by atoms with Crippen LogP contribution < -0.4 is 15.8 Å². The molecule has 120 valence electrons. The molecule has 3 N–H and O–H groups in total. The van der Waals surface area contributed by atoms with Crippen molar-refractivity contribution in [3.63, 3.8) is 0 Å². The standard InChI is InChI=1S/C15H24N6O/c1-2-3-7-22-15-19-13(16)12-14(20-15)21(10-18-12)9-11-5-4-6-17-8-11/h10-11,17H,2-9H2,1H3,(H2,16,19,20)/t11-/m0/s1. The van der Waals surface area contributed by atoms with E-state index < -0.39 is 0 Å². The Balaban J connectivity index is 1.80. The van der Waals surface area contributed by atoms with Gasteiger partial charge in [-0.25, -0.2) is 4.98 Å². The maximum atomic E-state index is 5.99. The van der Waals surface area contributed by atoms with Gasteiger partial charge in [-0.05, 0) is 38.3 Å². The Bertz CT molecular complexity index is 620. The second-order valence-corrected chi connectivity index (χ2v) is 5.87. The first-order valence-corrected chi connectivity index (χ1v) is 8.09. The Morgan fingerprint density at radius 1 is 1.45 bits per heavy atom. The third kappa shape index (κ3) is 3.30. The van der Waals surface area contributed by atoms with E-state index in [9.17, 15) is 0 Å². The lowest BCUT2D eigenvalue weighted by molar-refractivity contribution is 0.286. The van der Waals surface area contributed by atoms with Crippen LogP contribution in [0.15, 0.2) is 6.33 Å². The first-order chi connectivity index (χ1) is 10.8. The lowest BCUT2D eigenvalue weighted by Crippen LogP contribution is -2.32. The fourth-order valence-electron chi connectivity index (χ4n) is 2.81. The van der Waals surface area contributed by atoms with Crippen molar-refractivity contribution in [3.8, 4) is 6.01 Å². The monoisotopic (exact) mass is 304 g/mol. The highest BCUT2D eigenvalue weighted by molar-refractivity contribution is 5.81. The Morgan fingerprint density at radius 2 is 2.36 bits per heavy atom. The van der Waals surface area contributed by atoms with E-state index in [1.54, 1.807) is 6.33 Å². The zero-order valence-corrected chi connectivity index (χ0v) is 13.1. The SMILES string of the molecule is CCCCOc1nc(N)c2ncn(C[C@H]3CCCNC3)c2n1. The summed E-state index contributed by atoms with van der Waals surface area (Å²) in [5.41, 5.74) is 7.42. The molecule has 0 amide bonds. The minimum absolute atomic E-state index is 0.349. The van der Waals surface area contributed by atoms with Crippen LogP contribution in [0.1, 0.15) is 32.6 Å². The summed E-state index contributed by atoms with van der Waals surface area (Å²) in [5.74, 6) is 0.990. The van der Waals surface area contributed by atoms with Crippen molar-refractivity contribution in [1.82, 2.24) is 24.8 Å². The van der Waals surface area contributed by atoms with E-state index in [2.05, 4.69) is 31.8 Å². The quantitative estimate of drug-likeness (QED) is 0.788. The zero-order valence-electron chi connectivity index (χ0n) is 13.1. The van der Waals surface area contributed by atoms with Crippen molar-refractivity contribution in [2.75, 3.05) is 25.4 Å². The van der Waals surface area contributed by atoms with Crippen LogP contribution in [0.3, 0.4) is 0 Å². The molecule has 1 aliphatic rings. The highest BCUT2D eigenvalue weighted by Crippen LogP contribution is 2.21. The maximum absolute atomic E-state index is 5.99. The number of ether oxygens (including phenoxy) is 1. The van der Waals surface area contributed by atoms with Gasteiger partial charge in [0.05, 0.1) is 12.9 Å². The summed E-state index contributed by atoms with van der Waals surface area (Å²) in [6.07, 6.45) is 6.31. The number of imidazole rings is 1. The molecule has 0 spiro atoms. The van der Waals surface area contributed by atoms with Crippen molar-refractivity contribution in [2.45, 2.75) is 39.2 Å². The second kappa shape index (κ2) is 6.91. The Labute approximate surface area is 130 Å². The van der Waals surface area contributed by atoms with Gasteiger partial charge in [-0.2, -0.15) is 9.97 Å². The topological polar surface area (TPSA) is 90.9 Å². The minimum atomic E-state index is 0.349. The van der Waals surface area contributed by atoms with Crippen LogP contribution in [0.2, 0.25) is 0 Å². The zero-order chi connectivity index (χ0) is 15.4. The molecule has 1 fully saturated rings. The van der Waals surface area contributed by atoms with E-state index in [4.69, 9.17) is 10.5 Å². The molecule has 0 unspecified atom stereocenters. The Morgan fingerprint density at radius 3 is 3.14 bits per heavy atom. The van der Waals surface area contributed by atoms with Gasteiger partial charge < -0.3 is 20.4 Å². The Kier molecular flexibility index (Phi) is 4.72. The van der Waals surface area contributed by atoms with Crippen LogP contribution >= 0.6 is 0 Å². The largest absolute Gasteiger partial charge is 0.463 e. The normalized spacial score (nSPS) is 18.7. The molecule has 7 heteroatoms. The van der Waals surface area contributed by atoms with Crippen molar-refractivity contribution in [2.24, 2.45) is 5.92 Å². The molecule has 3 rings (SSSR count). The fourth-order valence-corrected chi connectivity index (χ4v) is 2.81. The summed E-state index contributed by atoms with van der Waals surface area (Å²) in [4.78, 5) is 13.0. The molecule has 3 heterocycles. The molecule has 22 heavy (non-hydrogen) atoms. The van der Waals surface area contributed by atoms with E-state index in [-0.39, 0.29) is 0 Å². The molecule has 2 aromatic heterocycles. The molecular weight excluding hydrogens is 280 g/mol. The number of hydrogen-bond donors (Lipinski definition) is 2. The third-order valence-corrected chi connectivity index (χ3v) is 4.05. The highest BCUT2D eigenvalue weighted by Gasteiger charge is 2.17. The van der Waals surface area contributed by atoms with Gasteiger partial charge in [-0.3, -0.25) is 0 Å². The molecular formula is C15H24N6O. The summed E-state index contributed by atoms with van der Waals surface area (Å²) in [7, 11) is 0. The summed E-state index contributed by atoms with van der Waals surface area (Å²) >= 11 is 0. The lowest BCUT2D eigenvalue weighted by Gasteiger charge is -2.23. The molecule has 1 atom stereocenters.